The molecular weight excluding hydrogens is 326 g/mol. The van der Waals surface area contributed by atoms with E-state index in [1.807, 2.05) is 24.3 Å². The number of carboxylic acid groups (broad SMARTS) is 1. The first-order chi connectivity index (χ1) is 9.15. The van der Waals surface area contributed by atoms with E-state index >= 15 is 0 Å². The number of fused-ring (bicyclic) bond motifs is 1. The Morgan fingerprint density at radius 2 is 2.32 bits per heavy atom. The van der Waals surface area contributed by atoms with E-state index < -0.39 is 11.9 Å². The summed E-state index contributed by atoms with van der Waals surface area (Å²) in [6, 6.07) is 7.95. The summed E-state index contributed by atoms with van der Waals surface area (Å²) in [6.07, 6.45) is 2.58. The molecule has 0 aliphatic heterocycles. The maximum Gasteiger partial charge on any atom is 0.312 e. The molecule has 0 spiro atoms. The van der Waals surface area contributed by atoms with Crippen molar-refractivity contribution in [3.63, 3.8) is 0 Å². The normalized spacial score (nSPS) is 18.1. The highest BCUT2D eigenvalue weighted by Gasteiger charge is 2.30. The van der Waals surface area contributed by atoms with Crippen LogP contribution in [0.5, 0.6) is 0 Å². The summed E-state index contributed by atoms with van der Waals surface area (Å²) in [4.78, 5) is 17.0. The van der Waals surface area contributed by atoms with Crippen LogP contribution < -0.4 is 0 Å². The molecule has 1 heterocycles. The number of hydrogen-bond donors (Lipinski definition) is 1. The van der Waals surface area contributed by atoms with Gasteiger partial charge in [-0.25, -0.2) is 4.98 Å². The Labute approximate surface area is 123 Å². The van der Waals surface area contributed by atoms with Crippen molar-refractivity contribution in [3.8, 4) is 10.6 Å². The van der Waals surface area contributed by atoms with Gasteiger partial charge in [-0.1, -0.05) is 28.1 Å². The molecule has 3 rings (SSSR count). The minimum atomic E-state index is -0.757. The van der Waals surface area contributed by atoms with E-state index in [4.69, 9.17) is 0 Å². The van der Waals surface area contributed by atoms with Crippen LogP contribution in [-0.4, -0.2) is 16.1 Å². The zero-order valence-electron chi connectivity index (χ0n) is 10.1. The Morgan fingerprint density at radius 1 is 1.47 bits per heavy atom. The van der Waals surface area contributed by atoms with Gasteiger partial charge in [0.1, 0.15) is 5.01 Å². The van der Waals surface area contributed by atoms with E-state index in [-0.39, 0.29) is 0 Å². The van der Waals surface area contributed by atoms with Crippen molar-refractivity contribution in [1.82, 2.24) is 4.98 Å². The lowest BCUT2D eigenvalue weighted by Crippen LogP contribution is -2.17. The molecule has 1 unspecified atom stereocenters. The zero-order valence-corrected chi connectivity index (χ0v) is 12.5. The highest BCUT2D eigenvalue weighted by Crippen LogP contribution is 2.38. The lowest BCUT2D eigenvalue weighted by molar-refractivity contribution is -0.139. The fraction of sp³-hybridized carbons (Fsp3) is 0.286. The molecule has 0 saturated carbocycles. The highest BCUT2D eigenvalue weighted by atomic mass is 79.9. The molecule has 1 aliphatic carbocycles. The SMILES string of the molecule is O=C(O)C1CCCc2sc(-c3cccc(Br)c3)nc21. The third-order valence-electron chi connectivity index (χ3n) is 3.32. The van der Waals surface area contributed by atoms with Crippen LogP contribution in [0.25, 0.3) is 10.6 Å². The fourth-order valence-electron chi connectivity index (χ4n) is 2.40. The lowest BCUT2D eigenvalue weighted by atomic mass is 9.91. The topological polar surface area (TPSA) is 50.2 Å². The Kier molecular flexibility index (Phi) is 3.41. The number of carboxylic acids is 1. The minimum absolute atomic E-state index is 0.430. The maximum absolute atomic E-state index is 11.3. The Bertz CT molecular complexity index is 638. The first kappa shape index (κ1) is 12.8. The molecule has 0 radical (unpaired) electrons. The van der Waals surface area contributed by atoms with E-state index in [0.717, 1.165) is 38.5 Å². The summed E-state index contributed by atoms with van der Waals surface area (Å²) < 4.78 is 1.01. The van der Waals surface area contributed by atoms with Gasteiger partial charge in [0.05, 0.1) is 11.6 Å². The Hall–Kier alpha value is -1.20. The van der Waals surface area contributed by atoms with Crippen LogP contribution >= 0.6 is 27.3 Å². The summed E-state index contributed by atoms with van der Waals surface area (Å²) in [5.41, 5.74) is 1.82. The van der Waals surface area contributed by atoms with Gasteiger partial charge >= 0.3 is 5.97 Å². The van der Waals surface area contributed by atoms with Crippen molar-refractivity contribution in [2.24, 2.45) is 0 Å². The van der Waals surface area contributed by atoms with Crippen LogP contribution in [0.15, 0.2) is 28.7 Å². The smallest absolute Gasteiger partial charge is 0.312 e. The number of aromatic nitrogens is 1. The van der Waals surface area contributed by atoms with Crippen molar-refractivity contribution in [2.75, 3.05) is 0 Å². The van der Waals surface area contributed by atoms with Crippen molar-refractivity contribution in [1.29, 1.82) is 0 Å². The van der Waals surface area contributed by atoms with Crippen molar-refractivity contribution >= 4 is 33.2 Å². The molecule has 1 aromatic carbocycles. The number of nitrogens with zero attached hydrogens (tertiary/aromatic N) is 1. The molecule has 0 bridgehead atoms. The fourth-order valence-corrected chi connectivity index (χ4v) is 3.96. The molecule has 0 saturated heterocycles. The van der Waals surface area contributed by atoms with Crippen molar-refractivity contribution < 1.29 is 9.90 Å². The van der Waals surface area contributed by atoms with E-state index in [9.17, 15) is 9.90 Å². The number of halogens is 1. The van der Waals surface area contributed by atoms with Crippen LogP contribution in [0.3, 0.4) is 0 Å². The maximum atomic E-state index is 11.3. The molecule has 1 N–H and O–H groups in total. The predicted molar refractivity (Wildman–Crippen MR) is 78.6 cm³/mol. The monoisotopic (exact) mass is 337 g/mol. The van der Waals surface area contributed by atoms with Crippen LogP contribution in [0.1, 0.15) is 29.3 Å². The largest absolute Gasteiger partial charge is 0.481 e. The standard InChI is InChI=1S/C14H12BrNO2S/c15-9-4-1-3-8(7-9)13-16-12-10(14(17)18)5-2-6-11(12)19-13/h1,3-4,7,10H,2,5-6H2,(H,17,18). The second kappa shape index (κ2) is 5.06. The van der Waals surface area contributed by atoms with Gasteiger partial charge in [-0.05, 0) is 31.4 Å². The van der Waals surface area contributed by atoms with Crippen molar-refractivity contribution in [2.45, 2.75) is 25.2 Å². The van der Waals surface area contributed by atoms with Crippen LogP contribution in [0, 0.1) is 0 Å². The second-order valence-corrected chi connectivity index (χ2v) is 6.62. The average molecular weight is 338 g/mol. The van der Waals surface area contributed by atoms with E-state index in [0.29, 0.717) is 6.42 Å². The van der Waals surface area contributed by atoms with E-state index in [2.05, 4.69) is 20.9 Å². The molecule has 0 amide bonds. The molecular formula is C14H12BrNO2S. The molecule has 1 aromatic heterocycles. The van der Waals surface area contributed by atoms with Gasteiger partial charge in [0.2, 0.25) is 0 Å². The second-order valence-electron chi connectivity index (χ2n) is 4.62. The molecule has 5 heteroatoms. The van der Waals surface area contributed by atoms with Gasteiger partial charge in [0.15, 0.2) is 0 Å². The number of benzene rings is 1. The van der Waals surface area contributed by atoms with E-state index in [1.165, 1.54) is 0 Å². The molecule has 2 aromatic rings. The number of carbonyl (C=O) groups is 1. The molecule has 0 fully saturated rings. The Morgan fingerprint density at radius 3 is 3.05 bits per heavy atom. The molecule has 1 aliphatic rings. The first-order valence-corrected chi connectivity index (χ1v) is 7.74. The highest BCUT2D eigenvalue weighted by molar-refractivity contribution is 9.10. The Balaban J connectivity index is 2.04. The van der Waals surface area contributed by atoms with Gasteiger partial charge in [-0.3, -0.25) is 4.79 Å². The number of aliphatic carboxylic acids is 1. The van der Waals surface area contributed by atoms with Gasteiger partial charge < -0.3 is 5.11 Å². The number of rotatable bonds is 2. The molecule has 98 valence electrons. The molecule has 19 heavy (non-hydrogen) atoms. The average Bonchev–Trinajstić information content (AvgIpc) is 2.82. The number of thiazole rings is 1. The summed E-state index contributed by atoms with van der Waals surface area (Å²) in [7, 11) is 0. The van der Waals surface area contributed by atoms with Gasteiger partial charge in [0, 0.05) is 14.9 Å². The minimum Gasteiger partial charge on any atom is -0.481 e. The van der Waals surface area contributed by atoms with Crippen LogP contribution in [0.2, 0.25) is 0 Å². The van der Waals surface area contributed by atoms with Crippen LogP contribution in [-0.2, 0) is 11.2 Å². The lowest BCUT2D eigenvalue weighted by Gasteiger charge is -2.16. The first-order valence-electron chi connectivity index (χ1n) is 6.13. The predicted octanol–water partition coefficient (Wildman–Crippen LogP) is 4.08. The zero-order chi connectivity index (χ0) is 13.4. The van der Waals surface area contributed by atoms with Crippen LogP contribution in [0.4, 0.5) is 0 Å². The third-order valence-corrected chi connectivity index (χ3v) is 5.00. The van der Waals surface area contributed by atoms with Crippen molar-refractivity contribution in [3.05, 3.63) is 39.3 Å². The number of aryl methyl sites for hydroxylation is 1. The summed E-state index contributed by atoms with van der Waals surface area (Å²) in [6.45, 7) is 0. The summed E-state index contributed by atoms with van der Waals surface area (Å²) >= 11 is 5.07. The summed E-state index contributed by atoms with van der Waals surface area (Å²) in [5, 5.41) is 10.2. The molecule has 1 atom stereocenters. The van der Waals surface area contributed by atoms with Gasteiger partial charge in [0.25, 0.3) is 0 Å². The summed E-state index contributed by atoms with van der Waals surface area (Å²) in [5.74, 6) is -1.19. The van der Waals surface area contributed by atoms with Gasteiger partial charge in [-0.2, -0.15) is 0 Å². The van der Waals surface area contributed by atoms with E-state index in [1.54, 1.807) is 11.3 Å². The quantitative estimate of drug-likeness (QED) is 0.898. The third kappa shape index (κ3) is 2.44. The molecule has 3 nitrogen and oxygen atoms in total. The number of hydrogen-bond acceptors (Lipinski definition) is 3. The van der Waals surface area contributed by atoms with Gasteiger partial charge in [-0.15, -0.1) is 11.3 Å².